The maximum absolute atomic E-state index is 7.04. The zero-order chi connectivity index (χ0) is 35.7. The van der Waals surface area contributed by atoms with Gasteiger partial charge in [0.15, 0.2) is 0 Å². The van der Waals surface area contributed by atoms with Crippen LogP contribution >= 0.6 is 0 Å². The first-order chi connectivity index (χ1) is 26.0. The molecule has 2 atom stereocenters. The Balaban J connectivity index is 1.14. The number of hydrogen-bond donors (Lipinski definition) is 1. The number of nitrogens with zero attached hydrogens (tertiary/aromatic N) is 1. The third-order valence-corrected chi connectivity index (χ3v) is 12.6. The first kappa shape index (κ1) is 32.0. The first-order valence-corrected chi connectivity index (χ1v) is 19.3. The molecule has 53 heavy (non-hydrogen) atoms. The molecule has 2 heteroatoms. The number of nitrogens with two attached hydrogens (primary N) is 1. The van der Waals surface area contributed by atoms with Crippen LogP contribution in [-0.2, 0) is 0 Å². The molecule has 3 aliphatic carbocycles. The van der Waals surface area contributed by atoms with E-state index in [0.717, 1.165) is 24.9 Å². The van der Waals surface area contributed by atoms with Gasteiger partial charge in [-0.15, -0.1) is 0 Å². The van der Waals surface area contributed by atoms with E-state index in [1.54, 1.807) is 0 Å². The molecule has 6 bridgehead atoms. The molecule has 0 aromatic heterocycles. The summed E-state index contributed by atoms with van der Waals surface area (Å²) in [6.07, 6.45) is 5.65. The van der Waals surface area contributed by atoms with Crippen molar-refractivity contribution in [1.82, 2.24) is 0 Å². The molecule has 0 amide bonds. The van der Waals surface area contributed by atoms with Crippen LogP contribution in [0.3, 0.4) is 0 Å². The molecule has 0 radical (unpaired) electrons. The Kier molecular flexibility index (Phi) is 7.52. The van der Waals surface area contributed by atoms with Crippen LogP contribution in [0.1, 0.15) is 55.7 Å². The molecule has 0 aliphatic heterocycles. The Morgan fingerprint density at radius 2 is 1.23 bits per heavy atom. The summed E-state index contributed by atoms with van der Waals surface area (Å²) in [5.41, 5.74) is 23.4. The van der Waals surface area contributed by atoms with E-state index in [1.807, 2.05) is 0 Å². The largest absolute Gasteiger partial charge is 0.337 e. The Morgan fingerprint density at radius 1 is 0.623 bits per heavy atom. The molecule has 0 saturated carbocycles. The van der Waals surface area contributed by atoms with Gasteiger partial charge in [0.1, 0.15) is 0 Å². The number of benzene rings is 7. The monoisotopic (exact) mass is 684 g/mol. The van der Waals surface area contributed by atoms with Gasteiger partial charge in [-0.3, -0.25) is 0 Å². The van der Waals surface area contributed by atoms with Gasteiger partial charge in [-0.2, -0.15) is 0 Å². The van der Waals surface area contributed by atoms with Crippen molar-refractivity contribution in [1.29, 1.82) is 0 Å². The molecule has 0 spiro atoms. The maximum Gasteiger partial charge on any atom is 0.0493 e. The average molecular weight is 685 g/mol. The number of anilines is 2. The lowest BCUT2D eigenvalue weighted by Gasteiger charge is -2.44. The third-order valence-electron chi connectivity index (χ3n) is 12.6. The van der Waals surface area contributed by atoms with Gasteiger partial charge in [-0.1, -0.05) is 153 Å². The van der Waals surface area contributed by atoms with Crippen molar-refractivity contribution in [3.05, 3.63) is 180 Å². The van der Waals surface area contributed by atoms with Crippen LogP contribution in [0.5, 0.6) is 0 Å². The topological polar surface area (TPSA) is 29.3 Å². The minimum Gasteiger partial charge on any atom is -0.337 e. The molecule has 0 saturated heterocycles. The van der Waals surface area contributed by atoms with Crippen molar-refractivity contribution < 1.29 is 0 Å². The van der Waals surface area contributed by atoms with E-state index < -0.39 is 0 Å². The molecule has 2 nitrogen and oxygen atoms in total. The minimum absolute atomic E-state index is 0.0380. The molecule has 7 aromatic rings. The second-order valence-corrected chi connectivity index (χ2v) is 15.7. The van der Waals surface area contributed by atoms with Crippen molar-refractivity contribution in [2.75, 3.05) is 11.4 Å². The summed E-state index contributed by atoms with van der Waals surface area (Å²) in [4.78, 5) is 2.57. The maximum atomic E-state index is 7.04. The molecule has 0 fully saturated rings. The van der Waals surface area contributed by atoms with Gasteiger partial charge in [-0.05, 0) is 121 Å². The van der Waals surface area contributed by atoms with Crippen LogP contribution in [0.15, 0.2) is 163 Å². The number of fused-ring (bicyclic) bond motifs is 4. The fourth-order valence-electron chi connectivity index (χ4n) is 10.1. The zero-order valence-corrected chi connectivity index (χ0v) is 30.5. The van der Waals surface area contributed by atoms with Crippen LogP contribution in [0.4, 0.5) is 11.4 Å². The summed E-state index contributed by atoms with van der Waals surface area (Å²) in [5.74, 6) is 0.250. The van der Waals surface area contributed by atoms with E-state index in [9.17, 15) is 0 Å². The van der Waals surface area contributed by atoms with E-state index >= 15 is 0 Å². The number of rotatable bonds is 7. The molecule has 7 aromatic carbocycles. The second-order valence-electron chi connectivity index (χ2n) is 15.7. The highest BCUT2D eigenvalue weighted by atomic mass is 15.2. The lowest BCUT2D eigenvalue weighted by Crippen LogP contribution is -2.41. The van der Waals surface area contributed by atoms with Crippen LogP contribution in [0.2, 0.25) is 0 Å². The van der Waals surface area contributed by atoms with Crippen molar-refractivity contribution in [2.24, 2.45) is 11.1 Å². The number of hydrogen-bond acceptors (Lipinski definition) is 2. The van der Waals surface area contributed by atoms with E-state index in [0.29, 0.717) is 6.54 Å². The quantitative estimate of drug-likeness (QED) is 0.181. The zero-order valence-electron chi connectivity index (χ0n) is 30.5. The summed E-state index contributed by atoms with van der Waals surface area (Å²) in [6.45, 7) is 5.53. The predicted molar refractivity (Wildman–Crippen MR) is 225 cm³/mol. The smallest absolute Gasteiger partial charge is 0.0493 e. The van der Waals surface area contributed by atoms with Gasteiger partial charge in [0.05, 0.1) is 0 Å². The lowest BCUT2D eigenvalue weighted by molar-refractivity contribution is 0.321. The van der Waals surface area contributed by atoms with Gasteiger partial charge >= 0.3 is 0 Å². The summed E-state index contributed by atoms with van der Waals surface area (Å²) in [6, 6.07) is 56.2. The molecule has 2 unspecified atom stereocenters. The van der Waals surface area contributed by atoms with E-state index in [2.05, 4.69) is 176 Å². The third kappa shape index (κ3) is 4.96. The predicted octanol–water partition coefficient (Wildman–Crippen LogP) is 13.0. The Hall–Kier alpha value is -5.70. The summed E-state index contributed by atoms with van der Waals surface area (Å²) >= 11 is 0. The van der Waals surface area contributed by atoms with Gasteiger partial charge in [0.2, 0.25) is 0 Å². The van der Waals surface area contributed by atoms with Gasteiger partial charge in [0.25, 0.3) is 0 Å². The molecule has 258 valence electrons. The Labute approximate surface area is 312 Å². The molecule has 0 heterocycles. The van der Waals surface area contributed by atoms with Gasteiger partial charge < -0.3 is 10.6 Å². The fraction of sp³-hybridized carbons (Fsp3) is 0.176. The number of allylic oxidation sites excluding steroid dienone is 4. The summed E-state index contributed by atoms with van der Waals surface area (Å²) in [5, 5.41) is 5.01. The Bertz CT molecular complexity index is 2610. The lowest BCUT2D eigenvalue weighted by atomic mass is 9.62. The van der Waals surface area contributed by atoms with Crippen LogP contribution in [-0.4, -0.2) is 12.6 Å². The highest BCUT2D eigenvalue weighted by molar-refractivity contribution is 6.08. The van der Waals surface area contributed by atoms with Crippen LogP contribution < -0.4 is 10.6 Å². The van der Waals surface area contributed by atoms with Crippen molar-refractivity contribution >= 4 is 44.1 Å². The summed E-state index contributed by atoms with van der Waals surface area (Å²) < 4.78 is 0. The SMILES string of the molecule is CC1(C)C2=CCCC3=C2c2ccccc2-c2cccc3c2C1CC(CN)N(c1ccc(-c2cccc3ccccc23)cc1)c1cccc2ccccc12. The standard InChI is InChI=1S/C51H44N2/c1-51(2)46-25-12-24-44-45-23-11-22-43(41-19-7-8-20-42(41)49(44)46)50(45)47(51)31-37(32-52)53(48-26-10-16-34-14-4-6-18-40(34)48)36-29-27-35(28-30-36)39-21-9-15-33-13-3-5-17-38(33)39/h3-11,13-23,25-30,37,47H,12,24,31-32,52H2,1-2H3. The first-order valence-electron chi connectivity index (χ1n) is 19.3. The molecule has 3 aliphatic rings. The second kappa shape index (κ2) is 12.5. The van der Waals surface area contributed by atoms with E-state index in [-0.39, 0.29) is 17.4 Å². The average Bonchev–Trinajstić information content (AvgIpc) is 3.29. The highest BCUT2D eigenvalue weighted by Crippen LogP contribution is 2.62. The highest BCUT2D eigenvalue weighted by Gasteiger charge is 2.46. The van der Waals surface area contributed by atoms with Crippen molar-refractivity contribution in [3.8, 4) is 22.3 Å². The molecule has 10 rings (SSSR count). The van der Waals surface area contributed by atoms with Gasteiger partial charge in [-0.25, -0.2) is 0 Å². The molecule has 2 N–H and O–H groups in total. The van der Waals surface area contributed by atoms with Crippen molar-refractivity contribution in [3.63, 3.8) is 0 Å². The molecular formula is C51H44N2. The molecular weight excluding hydrogens is 641 g/mol. The fourth-order valence-corrected chi connectivity index (χ4v) is 10.1. The van der Waals surface area contributed by atoms with E-state index in [4.69, 9.17) is 5.73 Å². The Morgan fingerprint density at radius 3 is 2.02 bits per heavy atom. The van der Waals surface area contributed by atoms with Crippen molar-refractivity contribution in [2.45, 2.75) is 45.1 Å². The normalized spacial score (nSPS) is 17.3. The van der Waals surface area contributed by atoms with Gasteiger partial charge in [0, 0.05) is 29.3 Å². The van der Waals surface area contributed by atoms with Crippen LogP contribution in [0, 0.1) is 5.41 Å². The summed E-state index contributed by atoms with van der Waals surface area (Å²) in [7, 11) is 0. The minimum atomic E-state index is -0.105. The van der Waals surface area contributed by atoms with Crippen LogP contribution in [0.25, 0.3) is 54.9 Å². The van der Waals surface area contributed by atoms with E-state index in [1.165, 1.54) is 82.9 Å².